The zero-order valence-electron chi connectivity index (χ0n) is 16.9. The molecule has 1 fully saturated rings. The molecule has 0 bridgehead atoms. The number of morpholine rings is 1. The second-order valence-electron chi connectivity index (χ2n) is 7.39. The number of carbonyl (C=O) groups excluding carboxylic acids is 1. The van der Waals surface area contributed by atoms with Crippen molar-refractivity contribution in [2.75, 3.05) is 43.5 Å². The van der Waals surface area contributed by atoms with E-state index < -0.39 is 0 Å². The SMILES string of the molecule is Cc1ccc2nc(CNc3ccc(NC(=O)CN4CCOCC4)cc3)cc(=O)n2c1. The first-order chi connectivity index (χ1) is 14.6. The molecule has 8 nitrogen and oxygen atoms in total. The number of nitrogens with one attached hydrogen (secondary N) is 2. The Morgan fingerprint density at radius 3 is 2.60 bits per heavy atom. The van der Waals surface area contributed by atoms with Gasteiger partial charge in [0, 0.05) is 36.7 Å². The normalized spacial score (nSPS) is 14.6. The van der Waals surface area contributed by atoms with Crippen LogP contribution in [0.3, 0.4) is 0 Å². The topological polar surface area (TPSA) is 88.0 Å². The van der Waals surface area contributed by atoms with E-state index in [1.807, 2.05) is 43.3 Å². The van der Waals surface area contributed by atoms with Crippen LogP contribution in [0.4, 0.5) is 11.4 Å². The van der Waals surface area contributed by atoms with Crippen LogP contribution in [0.1, 0.15) is 11.3 Å². The molecule has 3 heterocycles. The molecular weight excluding hydrogens is 382 g/mol. The molecule has 1 saturated heterocycles. The maximum Gasteiger partial charge on any atom is 0.258 e. The lowest BCUT2D eigenvalue weighted by molar-refractivity contribution is -0.118. The van der Waals surface area contributed by atoms with Crippen molar-refractivity contribution in [2.45, 2.75) is 13.5 Å². The van der Waals surface area contributed by atoms with Crippen LogP contribution >= 0.6 is 0 Å². The Morgan fingerprint density at radius 2 is 1.83 bits per heavy atom. The minimum Gasteiger partial charge on any atom is -0.379 e. The fourth-order valence-corrected chi connectivity index (χ4v) is 3.38. The summed E-state index contributed by atoms with van der Waals surface area (Å²) in [6.07, 6.45) is 1.79. The molecule has 2 aromatic heterocycles. The number of hydrogen-bond acceptors (Lipinski definition) is 6. The van der Waals surface area contributed by atoms with Crippen LogP contribution in [-0.4, -0.2) is 53.0 Å². The Labute approximate surface area is 174 Å². The molecule has 1 aromatic carbocycles. The van der Waals surface area contributed by atoms with Gasteiger partial charge in [0.1, 0.15) is 5.65 Å². The minimum atomic E-state index is -0.0983. The Bertz CT molecular complexity index is 1090. The monoisotopic (exact) mass is 407 g/mol. The molecule has 0 radical (unpaired) electrons. The predicted octanol–water partition coefficient (Wildman–Crippen LogP) is 1.89. The van der Waals surface area contributed by atoms with Crippen LogP contribution in [-0.2, 0) is 16.1 Å². The van der Waals surface area contributed by atoms with Crippen molar-refractivity contribution >= 4 is 22.9 Å². The standard InChI is InChI=1S/C22H25N5O3/c1-16-2-7-20-24-19(12-22(29)27(20)14-16)13-23-17-3-5-18(6-4-17)25-21(28)15-26-8-10-30-11-9-26/h2-7,12,14,23H,8-11,13,15H2,1H3,(H,25,28). The first-order valence-corrected chi connectivity index (χ1v) is 10.00. The summed E-state index contributed by atoms with van der Waals surface area (Å²) in [5.74, 6) is -0.0336. The molecule has 0 saturated carbocycles. The second kappa shape index (κ2) is 9.06. The van der Waals surface area contributed by atoms with Crippen molar-refractivity contribution in [1.82, 2.24) is 14.3 Å². The number of benzene rings is 1. The van der Waals surface area contributed by atoms with Gasteiger partial charge >= 0.3 is 0 Å². The molecule has 1 aliphatic heterocycles. The fraction of sp³-hybridized carbons (Fsp3) is 0.318. The molecule has 1 amide bonds. The lowest BCUT2D eigenvalue weighted by Crippen LogP contribution is -2.41. The van der Waals surface area contributed by atoms with E-state index in [9.17, 15) is 9.59 Å². The highest BCUT2D eigenvalue weighted by Crippen LogP contribution is 2.14. The van der Waals surface area contributed by atoms with Gasteiger partial charge in [-0.3, -0.25) is 18.9 Å². The number of amides is 1. The molecule has 3 aromatic rings. The summed E-state index contributed by atoms with van der Waals surface area (Å²) in [7, 11) is 0. The van der Waals surface area contributed by atoms with Gasteiger partial charge in [-0.1, -0.05) is 6.07 Å². The van der Waals surface area contributed by atoms with Gasteiger partial charge in [-0.2, -0.15) is 0 Å². The highest BCUT2D eigenvalue weighted by atomic mass is 16.5. The van der Waals surface area contributed by atoms with E-state index in [0.29, 0.717) is 37.6 Å². The van der Waals surface area contributed by atoms with Crippen LogP contribution in [0.5, 0.6) is 0 Å². The summed E-state index contributed by atoms with van der Waals surface area (Å²) in [5, 5.41) is 6.18. The molecule has 30 heavy (non-hydrogen) atoms. The number of fused-ring (bicyclic) bond motifs is 1. The van der Waals surface area contributed by atoms with E-state index in [2.05, 4.69) is 20.5 Å². The van der Waals surface area contributed by atoms with Gasteiger partial charge in [0.25, 0.3) is 5.56 Å². The van der Waals surface area contributed by atoms with Crippen molar-refractivity contribution < 1.29 is 9.53 Å². The zero-order valence-corrected chi connectivity index (χ0v) is 16.9. The van der Waals surface area contributed by atoms with Gasteiger partial charge < -0.3 is 15.4 Å². The summed E-state index contributed by atoms with van der Waals surface area (Å²) in [5.41, 5.74) is 3.84. The maximum absolute atomic E-state index is 12.3. The van der Waals surface area contributed by atoms with Crippen LogP contribution < -0.4 is 16.2 Å². The summed E-state index contributed by atoms with van der Waals surface area (Å²) < 4.78 is 6.85. The van der Waals surface area contributed by atoms with E-state index in [1.54, 1.807) is 16.7 Å². The van der Waals surface area contributed by atoms with Gasteiger partial charge in [-0.15, -0.1) is 0 Å². The molecule has 1 aliphatic rings. The summed E-state index contributed by atoms with van der Waals surface area (Å²) >= 11 is 0. The molecule has 2 N–H and O–H groups in total. The third-order valence-electron chi connectivity index (χ3n) is 4.97. The van der Waals surface area contributed by atoms with Crippen molar-refractivity contribution in [3.63, 3.8) is 0 Å². The Kier molecular flexibility index (Phi) is 6.06. The zero-order chi connectivity index (χ0) is 20.9. The second-order valence-corrected chi connectivity index (χ2v) is 7.39. The summed E-state index contributed by atoms with van der Waals surface area (Å²) in [6, 6.07) is 12.8. The van der Waals surface area contributed by atoms with Crippen LogP contribution in [0.15, 0.2) is 53.5 Å². The summed E-state index contributed by atoms with van der Waals surface area (Å²) in [4.78, 5) is 31.1. The van der Waals surface area contributed by atoms with E-state index >= 15 is 0 Å². The van der Waals surface area contributed by atoms with Crippen molar-refractivity contribution in [1.29, 1.82) is 0 Å². The number of ether oxygens (including phenoxy) is 1. The Balaban J connectivity index is 1.33. The number of rotatable bonds is 6. The average Bonchev–Trinajstić information content (AvgIpc) is 2.74. The highest BCUT2D eigenvalue weighted by molar-refractivity contribution is 5.92. The quantitative estimate of drug-likeness (QED) is 0.649. The lowest BCUT2D eigenvalue weighted by Gasteiger charge is -2.25. The van der Waals surface area contributed by atoms with Gasteiger partial charge in [0.05, 0.1) is 32.0 Å². The third kappa shape index (κ3) is 5.03. The minimum absolute atomic E-state index is 0.0336. The van der Waals surface area contributed by atoms with Crippen molar-refractivity contribution in [2.24, 2.45) is 0 Å². The van der Waals surface area contributed by atoms with E-state index in [-0.39, 0.29) is 11.5 Å². The Morgan fingerprint density at radius 1 is 1.10 bits per heavy atom. The van der Waals surface area contributed by atoms with Gasteiger partial charge in [-0.25, -0.2) is 4.98 Å². The molecule has 0 atom stereocenters. The summed E-state index contributed by atoms with van der Waals surface area (Å²) in [6.45, 7) is 5.65. The molecule has 0 spiro atoms. The van der Waals surface area contributed by atoms with Crippen LogP contribution in [0, 0.1) is 6.92 Å². The lowest BCUT2D eigenvalue weighted by atomic mass is 10.2. The number of carbonyl (C=O) groups is 1. The van der Waals surface area contributed by atoms with Gasteiger partial charge in [0.15, 0.2) is 0 Å². The third-order valence-corrected chi connectivity index (χ3v) is 4.97. The molecule has 0 aliphatic carbocycles. The number of aromatic nitrogens is 2. The average molecular weight is 407 g/mol. The molecule has 0 unspecified atom stereocenters. The fourth-order valence-electron chi connectivity index (χ4n) is 3.38. The largest absolute Gasteiger partial charge is 0.379 e. The molecule has 8 heteroatoms. The van der Waals surface area contributed by atoms with Crippen LogP contribution in [0.2, 0.25) is 0 Å². The molecule has 4 rings (SSSR count). The first-order valence-electron chi connectivity index (χ1n) is 10.00. The first kappa shape index (κ1) is 20.1. The number of hydrogen-bond donors (Lipinski definition) is 2. The van der Waals surface area contributed by atoms with Crippen molar-refractivity contribution in [3.8, 4) is 0 Å². The van der Waals surface area contributed by atoms with Gasteiger partial charge in [0.2, 0.25) is 5.91 Å². The Hall–Kier alpha value is -3.23. The number of nitrogens with zero attached hydrogens (tertiary/aromatic N) is 3. The van der Waals surface area contributed by atoms with E-state index in [0.717, 1.165) is 30.0 Å². The molecular formula is C22H25N5O3. The highest BCUT2D eigenvalue weighted by Gasteiger charge is 2.14. The van der Waals surface area contributed by atoms with E-state index in [4.69, 9.17) is 4.74 Å². The van der Waals surface area contributed by atoms with Crippen LogP contribution in [0.25, 0.3) is 5.65 Å². The predicted molar refractivity (Wildman–Crippen MR) is 116 cm³/mol. The van der Waals surface area contributed by atoms with Gasteiger partial charge in [-0.05, 0) is 42.8 Å². The number of aryl methyl sites for hydroxylation is 1. The van der Waals surface area contributed by atoms with E-state index in [1.165, 1.54) is 0 Å². The maximum atomic E-state index is 12.3. The number of pyridine rings is 1. The smallest absolute Gasteiger partial charge is 0.258 e. The molecule has 156 valence electrons. The van der Waals surface area contributed by atoms with Crippen molar-refractivity contribution in [3.05, 3.63) is 70.3 Å². The number of anilines is 2.